The molecule has 0 spiro atoms. The van der Waals surface area contributed by atoms with Crippen molar-refractivity contribution in [3.05, 3.63) is 47.6 Å². The molecule has 0 radical (unpaired) electrons. The summed E-state index contributed by atoms with van der Waals surface area (Å²) in [6, 6.07) is 10.2. The number of rotatable bonds is 3. The van der Waals surface area contributed by atoms with E-state index >= 15 is 0 Å². The quantitative estimate of drug-likeness (QED) is 0.885. The molecule has 0 aliphatic carbocycles. The molecule has 0 atom stereocenters. The van der Waals surface area contributed by atoms with Crippen LogP contribution in [-0.2, 0) is 9.31 Å². The van der Waals surface area contributed by atoms with Gasteiger partial charge in [-0.2, -0.15) is 0 Å². The van der Waals surface area contributed by atoms with E-state index in [-0.39, 0.29) is 11.2 Å². The van der Waals surface area contributed by atoms with Crippen molar-refractivity contribution in [3.8, 4) is 0 Å². The fraction of sp³-hybridized carbons (Fsp3) is 0.389. The summed E-state index contributed by atoms with van der Waals surface area (Å²) in [7, 11) is -0.413. The van der Waals surface area contributed by atoms with E-state index in [2.05, 4.69) is 23.2 Å². The summed E-state index contributed by atoms with van der Waals surface area (Å²) in [4.78, 5) is 4.40. The molecule has 2 heterocycles. The van der Waals surface area contributed by atoms with Crippen molar-refractivity contribution >= 4 is 24.1 Å². The van der Waals surface area contributed by atoms with Crippen LogP contribution in [0.3, 0.4) is 0 Å². The van der Waals surface area contributed by atoms with Crippen molar-refractivity contribution in [1.82, 2.24) is 4.98 Å². The van der Waals surface area contributed by atoms with Gasteiger partial charge in [0.2, 0.25) is 0 Å². The topological polar surface area (TPSA) is 57.4 Å². The van der Waals surface area contributed by atoms with Gasteiger partial charge in [-0.25, -0.2) is 0 Å². The third-order valence-electron chi connectivity index (χ3n) is 4.77. The molecule has 1 saturated heterocycles. The summed E-state index contributed by atoms with van der Waals surface area (Å²) in [5.41, 5.74) is 8.16. The number of aromatic nitrogens is 1. The molecule has 2 aromatic rings. The Balaban J connectivity index is 1.92. The fourth-order valence-electron chi connectivity index (χ4n) is 2.60. The Bertz CT molecular complexity index is 740. The van der Waals surface area contributed by atoms with Gasteiger partial charge in [0.1, 0.15) is 0 Å². The second-order valence-corrected chi connectivity index (χ2v) is 6.97. The first-order valence-corrected chi connectivity index (χ1v) is 7.93. The van der Waals surface area contributed by atoms with Gasteiger partial charge in [0.15, 0.2) is 0 Å². The van der Waals surface area contributed by atoms with Crippen molar-refractivity contribution in [1.29, 1.82) is 0 Å². The third-order valence-corrected chi connectivity index (χ3v) is 4.77. The lowest BCUT2D eigenvalue weighted by atomic mass is 9.77. The van der Waals surface area contributed by atoms with Crippen LogP contribution in [-0.4, -0.2) is 29.8 Å². The number of hydrogen-bond acceptors (Lipinski definition) is 4. The molecular weight excluding hydrogens is 287 g/mol. The van der Waals surface area contributed by atoms with Crippen LogP contribution in [0, 0.1) is 0 Å². The van der Waals surface area contributed by atoms with Gasteiger partial charge in [-0.05, 0) is 50.9 Å². The Hall–Kier alpha value is -1.69. The van der Waals surface area contributed by atoms with Gasteiger partial charge in [0, 0.05) is 18.1 Å². The monoisotopic (exact) mass is 310 g/mol. The highest BCUT2D eigenvalue weighted by atomic mass is 16.7. The maximum absolute atomic E-state index is 6.09. The average molecular weight is 310 g/mol. The summed E-state index contributed by atoms with van der Waals surface area (Å²) >= 11 is 0. The molecule has 0 amide bonds. The van der Waals surface area contributed by atoms with E-state index in [4.69, 9.17) is 15.0 Å². The van der Waals surface area contributed by atoms with Gasteiger partial charge in [-0.1, -0.05) is 24.3 Å². The largest absolute Gasteiger partial charge is 0.491 e. The maximum Gasteiger partial charge on any atom is 0.491 e. The average Bonchev–Trinajstić information content (AvgIpc) is 2.72. The molecule has 5 heteroatoms. The van der Waals surface area contributed by atoms with E-state index in [1.807, 2.05) is 45.9 Å². The van der Waals surface area contributed by atoms with Crippen molar-refractivity contribution in [2.24, 2.45) is 5.73 Å². The first kappa shape index (κ1) is 16.2. The number of pyridine rings is 1. The molecule has 1 aliphatic heterocycles. The molecule has 0 saturated carbocycles. The molecule has 0 unspecified atom stereocenters. The van der Waals surface area contributed by atoms with Crippen LogP contribution >= 0.6 is 0 Å². The normalized spacial score (nSPS) is 20.2. The number of nitrogens with zero attached hydrogens (tertiary/aromatic N) is 1. The summed E-state index contributed by atoms with van der Waals surface area (Å²) in [5, 5.41) is 1.12. The Morgan fingerprint density at radius 1 is 1.17 bits per heavy atom. The summed E-state index contributed by atoms with van der Waals surface area (Å²) in [6.45, 7) is 8.56. The molecule has 1 aromatic carbocycles. The first-order valence-electron chi connectivity index (χ1n) is 7.93. The summed E-state index contributed by atoms with van der Waals surface area (Å²) in [5.74, 6) is 0. The molecule has 4 nitrogen and oxygen atoms in total. The lowest BCUT2D eigenvalue weighted by Gasteiger charge is -2.32. The van der Waals surface area contributed by atoms with E-state index < -0.39 is 7.12 Å². The molecule has 120 valence electrons. The summed E-state index contributed by atoms with van der Waals surface area (Å²) < 4.78 is 12.2. The van der Waals surface area contributed by atoms with Gasteiger partial charge in [0.05, 0.1) is 16.7 Å². The number of hydrogen-bond donors (Lipinski definition) is 1. The zero-order valence-electron chi connectivity index (χ0n) is 14.2. The number of nitrogens with two attached hydrogens (primary N) is 1. The predicted molar refractivity (Wildman–Crippen MR) is 94.9 cm³/mol. The van der Waals surface area contributed by atoms with E-state index in [0.29, 0.717) is 6.54 Å². The minimum absolute atomic E-state index is 0.364. The first-order chi connectivity index (χ1) is 10.8. The molecule has 1 aliphatic rings. The predicted octanol–water partition coefficient (Wildman–Crippen LogP) is 3.21. The Morgan fingerprint density at radius 3 is 2.52 bits per heavy atom. The fourth-order valence-corrected chi connectivity index (χ4v) is 2.60. The van der Waals surface area contributed by atoms with Crippen LogP contribution in [0.4, 0.5) is 0 Å². The lowest BCUT2D eigenvalue weighted by molar-refractivity contribution is 0.00578. The lowest BCUT2D eigenvalue weighted by Crippen LogP contribution is -2.41. The summed E-state index contributed by atoms with van der Waals surface area (Å²) in [6.07, 6.45) is 3.84. The highest BCUT2D eigenvalue weighted by Gasteiger charge is 2.52. The van der Waals surface area contributed by atoms with Gasteiger partial charge in [-0.3, -0.25) is 4.98 Å². The highest BCUT2D eigenvalue weighted by Crippen LogP contribution is 2.38. The maximum atomic E-state index is 6.09. The smallest absolute Gasteiger partial charge is 0.400 e. The molecular formula is C18H23BN2O2. The molecule has 1 fully saturated rings. The zero-order valence-corrected chi connectivity index (χ0v) is 14.2. The van der Waals surface area contributed by atoms with Gasteiger partial charge in [0.25, 0.3) is 0 Å². The number of benzene rings is 1. The van der Waals surface area contributed by atoms with Crippen molar-refractivity contribution in [3.63, 3.8) is 0 Å². The van der Waals surface area contributed by atoms with Crippen molar-refractivity contribution in [2.45, 2.75) is 38.9 Å². The second kappa shape index (κ2) is 5.75. The Kier molecular flexibility index (Phi) is 4.04. The molecule has 1 aromatic heterocycles. The Labute approximate surface area is 137 Å². The van der Waals surface area contributed by atoms with Gasteiger partial charge < -0.3 is 15.0 Å². The second-order valence-electron chi connectivity index (χ2n) is 6.97. The van der Waals surface area contributed by atoms with Crippen LogP contribution in [0.15, 0.2) is 42.0 Å². The van der Waals surface area contributed by atoms with E-state index in [0.717, 1.165) is 21.9 Å². The molecule has 2 N–H and O–H groups in total. The van der Waals surface area contributed by atoms with Crippen LogP contribution in [0.2, 0.25) is 0 Å². The van der Waals surface area contributed by atoms with Gasteiger partial charge in [-0.15, -0.1) is 0 Å². The minimum Gasteiger partial charge on any atom is -0.400 e. The third kappa shape index (κ3) is 3.04. The van der Waals surface area contributed by atoms with Crippen molar-refractivity contribution in [2.75, 3.05) is 6.54 Å². The number of fused-ring (bicyclic) bond motifs is 1. The SMILES string of the molecule is CC1(C)OB(C(=Cc2ccc3cccnc3c2)CN)OC1(C)C. The van der Waals surface area contributed by atoms with E-state index in [1.54, 1.807) is 6.20 Å². The Morgan fingerprint density at radius 2 is 1.87 bits per heavy atom. The van der Waals surface area contributed by atoms with Crippen LogP contribution in [0.25, 0.3) is 17.0 Å². The van der Waals surface area contributed by atoms with Crippen LogP contribution < -0.4 is 5.73 Å². The van der Waals surface area contributed by atoms with Gasteiger partial charge >= 0.3 is 7.12 Å². The van der Waals surface area contributed by atoms with E-state index in [1.165, 1.54) is 0 Å². The van der Waals surface area contributed by atoms with Crippen LogP contribution in [0.1, 0.15) is 33.3 Å². The minimum atomic E-state index is -0.413. The molecule has 0 bridgehead atoms. The van der Waals surface area contributed by atoms with Crippen LogP contribution in [0.5, 0.6) is 0 Å². The van der Waals surface area contributed by atoms with Crippen molar-refractivity contribution < 1.29 is 9.31 Å². The molecule has 23 heavy (non-hydrogen) atoms. The van der Waals surface area contributed by atoms with E-state index in [9.17, 15) is 0 Å². The zero-order chi connectivity index (χ0) is 16.7. The highest BCUT2D eigenvalue weighted by molar-refractivity contribution is 6.55. The standard InChI is InChI=1S/C18H23BN2O2/c1-17(2)18(3,4)23-19(22-17)15(12-20)10-13-7-8-14-6-5-9-21-16(14)11-13/h5-11H,12,20H2,1-4H3. The molecule has 3 rings (SSSR count).